The van der Waals surface area contributed by atoms with Crippen LogP contribution in [0.3, 0.4) is 0 Å². The number of carbonyl (C=O) groups is 1. The van der Waals surface area contributed by atoms with Gasteiger partial charge in [-0.3, -0.25) is 9.78 Å². The zero-order valence-electron chi connectivity index (χ0n) is 16.5. The lowest BCUT2D eigenvalue weighted by atomic mass is 10.1. The summed E-state index contributed by atoms with van der Waals surface area (Å²) >= 11 is 0. The highest BCUT2D eigenvalue weighted by Gasteiger charge is 2.26. The van der Waals surface area contributed by atoms with Crippen LogP contribution in [0.15, 0.2) is 54.9 Å². The Balaban J connectivity index is 1.37. The molecule has 0 N–H and O–H groups in total. The van der Waals surface area contributed by atoms with Gasteiger partial charge < -0.3 is 19.1 Å². The van der Waals surface area contributed by atoms with E-state index in [0.717, 1.165) is 37.1 Å². The number of fused-ring (bicyclic) bond motifs is 1. The Morgan fingerprint density at radius 1 is 1.07 bits per heavy atom. The Morgan fingerprint density at radius 2 is 1.90 bits per heavy atom. The Labute approximate surface area is 170 Å². The van der Waals surface area contributed by atoms with Gasteiger partial charge in [0.1, 0.15) is 5.52 Å². The van der Waals surface area contributed by atoms with Crippen molar-refractivity contribution in [3.8, 4) is 0 Å². The van der Waals surface area contributed by atoms with E-state index >= 15 is 0 Å². The number of rotatable bonds is 4. The number of pyridine rings is 1. The van der Waals surface area contributed by atoms with Gasteiger partial charge in [-0.25, -0.2) is 0 Å². The van der Waals surface area contributed by atoms with E-state index in [1.807, 2.05) is 17.2 Å². The van der Waals surface area contributed by atoms with Crippen LogP contribution in [0.4, 0.5) is 5.69 Å². The van der Waals surface area contributed by atoms with Gasteiger partial charge in [0.25, 0.3) is 5.91 Å². The van der Waals surface area contributed by atoms with Gasteiger partial charge in [-0.05, 0) is 36.6 Å². The third-order valence-electron chi connectivity index (χ3n) is 6.03. The number of carbonyl (C=O) groups excluding carboxylic acids is 1. The molecule has 2 aromatic heterocycles. The van der Waals surface area contributed by atoms with Gasteiger partial charge in [0.05, 0.1) is 24.3 Å². The minimum Gasteiger partial charge on any atom is -0.378 e. The molecule has 29 heavy (non-hydrogen) atoms. The Morgan fingerprint density at radius 3 is 2.72 bits per heavy atom. The molecule has 4 heterocycles. The van der Waals surface area contributed by atoms with Crippen molar-refractivity contribution < 1.29 is 9.53 Å². The van der Waals surface area contributed by atoms with Crippen LogP contribution < -0.4 is 4.90 Å². The summed E-state index contributed by atoms with van der Waals surface area (Å²) in [6, 6.07) is 14.6. The average molecular weight is 390 g/mol. The van der Waals surface area contributed by atoms with Crippen LogP contribution in [0.25, 0.3) is 11.0 Å². The summed E-state index contributed by atoms with van der Waals surface area (Å²) in [6.07, 6.45) is 4.94. The number of anilines is 1. The van der Waals surface area contributed by atoms with Gasteiger partial charge in [0.15, 0.2) is 0 Å². The first kappa shape index (κ1) is 18.2. The summed E-state index contributed by atoms with van der Waals surface area (Å²) in [4.78, 5) is 22.0. The molecule has 6 nitrogen and oxygen atoms in total. The molecule has 2 aliphatic heterocycles. The highest BCUT2D eigenvalue weighted by Crippen LogP contribution is 2.27. The molecule has 1 atom stereocenters. The summed E-state index contributed by atoms with van der Waals surface area (Å²) in [5.41, 5.74) is 3.85. The topological polar surface area (TPSA) is 50.6 Å². The predicted molar refractivity (Wildman–Crippen MR) is 113 cm³/mol. The normalized spacial score (nSPS) is 19.8. The second kappa shape index (κ2) is 7.87. The maximum absolute atomic E-state index is 13.1. The lowest BCUT2D eigenvalue weighted by Gasteiger charge is -2.26. The van der Waals surface area contributed by atoms with Crippen molar-refractivity contribution >= 4 is 22.6 Å². The minimum atomic E-state index is 0.0630. The molecule has 2 aliphatic rings. The number of morpholine rings is 1. The van der Waals surface area contributed by atoms with E-state index < -0.39 is 0 Å². The minimum absolute atomic E-state index is 0.0630. The SMILES string of the molecule is O=C(c1cn(CC2CCN(c3ccccc3)C2)c2cccnc12)N1CCOCC1. The molecule has 150 valence electrons. The standard InChI is InChI=1S/C23H26N4O2/c28-23(25-11-13-29-14-12-25)20-17-27(21-7-4-9-24-22(20)21)16-18-8-10-26(15-18)19-5-2-1-3-6-19/h1-7,9,17-18H,8,10-16H2. The quantitative estimate of drug-likeness (QED) is 0.687. The second-order valence-electron chi connectivity index (χ2n) is 7.91. The summed E-state index contributed by atoms with van der Waals surface area (Å²) in [5, 5.41) is 0. The molecule has 0 aliphatic carbocycles. The molecule has 6 heteroatoms. The number of aromatic nitrogens is 2. The van der Waals surface area contributed by atoms with Crippen molar-refractivity contribution in [2.45, 2.75) is 13.0 Å². The highest BCUT2D eigenvalue weighted by molar-refractivity contribution is 6.05. The fourth-order valence-corrected chi connectivity index (χ4v) is 4.50. The second-order valence-corrected chi connectivity index (χ2v) is 7.91. The van der Waals surface area contributed by atoms with E-state index in [-0.39, 0.29) is 5.91 Å². The monoisotopic (exact) mass is 390 g/mol. The van der Waals surface area contributed by atoms with Crippen LogP contribution in [-0.2, 0) is 11.3 Å². The Bertz CT molecular complexity index is 995. The number of amides is 1. The maximum Gasteiger partial charge on any atom is 0.257 e. The summed E-state index contributed by atoms with van der Waals surface area (Å²) in [5.74, 6) is 0.616. The average Bonchev–Trinajstić information content (AvgIpc) is 3.40. The molecule has 1 unspecified atom stereocenters. The molecule has 0 bridgehead atoms. The zero-order valence-corrected chi connectivity index (χ0v) is 16.5. The third-order valence-corrected chi connectivity index (χ3v) is 6.03. The van der Waals surface area contributed by atoms with E-state index in [0.29, 0.717) is 37.8 Å². The van der Waals surface area contributed by atoms with Crippen LogP contribution in [0, 0.1) is 5.92 Å². The number of para-hydroxylation sites is 1. The van der Waals surface area contributed by atoms with E-state index in [4.69, 9.17) is 4.74 Å². The van der Waals surface area contributed by atoms with Crippen molar-refractivity contribution in [3.63, 3.8) is 0 Å². The molecule has 1 aromatic carbocycles. The van der Waals surface area contributed by atoms with Gasteiger partial charge in [-0.1, -0.05) is 18.2 Å². The summed E-state index contributed by atoms with van der Waals surface area (Å²) < 4.78 is 7.63. The lowest BCUT2D eigenvalue weighted by molar-refractivity contribution is 0.0304. The molecule has 2 fully saturated rings. The largest absolute Gasteiger partial charge is 0.378 e. The number of hydrogen-bond acceptors (Lipinski definition) is 4. The molecular weight excluding hydrogens is 364 g/mol. The van der Waals surface area contributed by atoms with Crippen molar-refractivity contribution in [1.29, 1.82) is 0 Å². The van der Waals surface area contributed by atoms with Crippen molar-refractivity contribution in [3.05, 3.63) is 60.4 Å². The molecule has 0 radical (unpaired) electrons. The molecule has 0 spiro atoms. The molecule has 5 rings (SSSR count). The molecule has 1 amide bonds. The van der Waals surface area contributed by atoms with Crippen molar-refractivity contribution in [2.24, 2.45) is 5.92 Å². The van der Waals surface area contributed by atoms with Crippen LogP contribution in [0.5, 0.6) is 0 Å². The van der Waals surface area contributed by atoms with Gasteiger partial charge in [-0.2, -0.15) is 0 Å². The molecule has 0 saturated carbocycles. The smallest absolute Gasteiger partial charge is 0.257 e. The first-order valence-electron chi connectivity index (χ1n) is 10.4. The molecule has 2 saturated heterocycles. The molecular formula is C23H26N4O2. The fourth-order valence-electron chi connectivity index (χ4n) is 4.50. The first-order chi connectivity index (χ1) is 14.3. The number of nitrogens with zero attached hydrogens (tertiary/aromatic N) is 4. The van der Waals surface area contributed by atoms with Crippen LogP contribution in [0.1, 0.15) is 16.8 Å². The van der Waals surface area contributed by atoms with Crippen LogP contribution in [-0.4, -0.2) is 59.8 Å². The van der Waals surface area contributed by atoms with Gasteiger partial charge in [0.2, 0.25) is 0 Å². The van der Waals surface area contributed by atoms with Gasteiger partial charge in [-0.15, -0.1) is 0 Å². The summed E-state index contributed by atoms with van der Waals surface area (Å²) in [7, 11) is 0. The van der Waals surface area contributed by atoms with Crippen LogP contribution in [0.2, 0.25) is 0 Å². The third kappa shape index (κ3) is 3.60. The number of benzene rings is 1. The lowest BCUT2D eigenvalue weighted by Crippen LogP contribution is -2.40. The van der Waals surface area contributed by atoms with Gasteiger partial charge in [0, 0.05) is 50.8 Å². The molecule has 3 aromatic rings. The van der Waals surface area contributed by atoms with E-state index in [9.17, 15) is 4.79 Å². The van der Waals surface area contributed by atoms with Crippen LogP contribution >= 0.6 is 0 Å². The number of hydrogen-bond donors (Lipinski definition) is 0. The first-order valence-corrected chi connectivity index (χ1v) is 10.4. The van der Waals surface area contributed by atoms with E-state index in [1.54, 1.807) is 6.20 Å². The zero-order chi connectivity index (χ0) is 19.6. The van der Waals surface area contributed by atoms with E-state index in [1.165, 1.54) is 5.69 Å². The fraction of sp³-hybridized carbons (Fsp3) is 0.391. The van der Waals surface area contributed by atoms with Crippen molar-refractivity contribution in [2.75, 3.05) is 44.3 Å². The van der Waals surface area contributed by atoms with E-state index in [2.05, 4.69) is 50.8 Å². The van der Waals surface area contributed by atoms with Crippen molar-refractivity contribution in [1.82, 2.24) is 14.5 Å². The highest BCUT2D eigenvalue weighted by atomic mass is 16.5. The summed E-state index contributed by atoms with van der Waals surface area (Å²) in [6.45, 7) is 5.52. The Kier molecular flexibility index (Phi) is 4.94. The predicted octanol–water partition coefficient (Wildman–Crippen LogP) is 3.04. The maximum atomic E-state index is 13.1. The van der Waals surface area contributed by atoms with Gasteiger partial charge >= 0.3 is 0 Å². The number of ether oxygens (including phenoxy) is 1. The Hall–Kier alpha value is -2.86.